The van der Waals surface area contributed by atoms with Gasteiger partial charge in [0.2, 0.25) is 0 Å². The molecule has 9 aromatic carbocycles. The van der Waals surface area contributed by atoms with E-state index in [1.54, 1.807) is 0 Å². The van der Waals surface area contributed by atoms with Gasteiger partial charge in [-0.1, -0.05) is 103 Å². The van der Waals surface area contributed by atoms with E-state index in [0.717, 1.165) is 66.4 Å². The van der Waals surface area contributed by atoms with E-state index >= 15 is 0 Å². The van der Waals surface area contributed by atoms with Crippen LogP contribution in [0.4, 0.5) is 5.69 Å². The lowest BCUT2D eigenvalue weighted by Crippen LogP contribution is -1.96. The number of aromatic nitrogens is 2. The van der Waals surface area contributed by atoms with Crippen LogP contribution < -0.4 is 0 Å². The van der Waals surface area contributed by atoms with Crippen LogP contribution in [0, 0.1) is 20.4 Å². The lowest BCUT2D eigenvalue weighted by atomic mass is 9.88. The number of benzene rings is 9. The predicted molar refractivity (Wildman–Crippen MR) is 239 cm³/mol. The minimum absolute atomic E-state index is 0.631. The highest BCUT2D eigenvalue weighted by molar-refractivity contribution is 6.40. The summed E-state index contributed by atoms with van der Waals surface area (Å²) in [6.45, 7) is 11.9. The Labute approximate surface area is 327 Å². The van der Waals surface area contributed by atoms with Crippen molar-refractivity contribution in [1.29, 1.82) is 0 Å². The molecule has 0 saturated carbocycles. The zero-order valence-electron chi connectivity index (χ0n) is 31.3. The molecular formula is C53H33N3O. The lowest BCUT2D eigenvalue weighted by Gasteiger charge is -2.16. The third kappa shape index (κ3) is 4.43. The fraction of sp³-hybridized carbons (Fsp3) is 0.0377. The normalized spacial score (nSPS) is 12.0. The average molecular weight is 728 g/mol. The minimum Gasteiger partial charge on any atom is -0.455 e. The molecule has 0 fully saturated rings. The molecule has 3 aromatic heterocycles. The molecule has 0 spiro atoms. The summed E-state index contributed by atoms with van der Waals surface area (Å²) in [5.41, 5.74) is 13.9. The number of para-hydroxylation sites is 3. The largest absolute Gasteiger partial charge is 0.455 e. The molecular weight excluding hydrogens is 695 g/mol. The van der Waals surface area contributed by atoms with Gasteiger partial charge in [-0.05, 0) is 108 Å². The molecule has 0 aliphatic heterocycles. The maximum Gasteiger partial charge on any atom is 0.187 e. The van der Waals surface area contributed by atoms with Crippen LogP contribution in [-0.2, 0) is 0 Å². The van der Waals surface area contributed by atoms with Crippen molar-refractivity contribution in [1.82, 2.24) is 9.13 Å². The summed E-state index contributed by atoms with van der Waals surface area (Å²) in [5, 5.41) is 11.8. The van der Waals surface area contributed by atoms with Gasteiger partial charge >= 0.3 is 0 Å². The first-order valence-corrected chi connectivity index (χ1v) is 19.4. The van der Waals surface area contributed by atoms with Crippen LogP contribution in [0.25, 0.3) is 114 Å². The monoisotopic (exact) mass is 727 g/mol. The van der Waals surface area contributed by atoms with Crippen molar-refractivity contribution >= 4 is 92.8 Å². The summed E-state index contributed by atoms with van der Waals surface area (Å²) in [6, 6.07) is 58.8. The fourth-order valence-corrected chi connectivity index (χ4v) is 9.72. The highest BCUT2D eigenvalue weighted by atomic mass is 16.3. The predicted octanol–water partition coefficient (Wildman–Crippen LogP) is 14.9. The maximum atomic E-state index is 7.51. The topological polar surface area (TPSA) is 27.4 Å². The fourth-order valence-electron chi connectivity index (χ4n) is 9.72. The summed E-state index contributed by atoms with van der Waals surface area (Å²) in [4.78, 5) is 3.64. The molecule has 3 heterocycles. The van der Waals surface area contributed by atoms with E-state index in [0.29, 0.717) is 5.69 Å². The van der Waals surface area contributed by atoms with Gasteiger partial charge in [-0.25, -0.2) is 4.85 Å². The molecule has 57 heavy (non-hydrogen) atoms. The zero-order chi connectivity index (χ0) is 37.9. The van der Waals surface area contributed by atoms with Crippen molar-refractivity contribution in [2.45, 2.75) is 13.8 Å². The summed E-state index contributed by atoms with van der Waals surface area (Å²) < 4.78 is 11.8. The highest BCUT2D eigenvalue weighted by Gasteiger charge is 2.25. The Bertz CT molecular complexity index is 3700. The van der Waals surface area contributed by atoms with Crippen molar-refractivity contribution in [3.8, 4) is 22.5 Å². The molecule has 0 aliphatic rings. The van der Waals surface area contributed by atoms with E-state index in [2.05, 4.69) is 167 Å². The molecule has 0 saturated heterocycles. The number of nitrogens with zero attached hydrogens (tertiary/aromatic N) is 3. The zero-order valence-corrected chi connectivity index (χ0v) is 31.3. The Morgan fingerprint density at radius 3 is 1.77 bits per heavy atom. The molecule has 0 atom stereocenters. The number of aryl methyl sites for hydroxylation is 2. The third-order valence-electron chi connectivity index (χ3n) is 11.9. The van der Waals surface area contributed by atoms with Crippen LogP contribution in [-0.4, -0.2) is 9.13 Å². The number of hydrogen-bond acceptors (Lipinski definition) is 1. The molecule has 0 amide bonds. The molecule has 0 N–H and O–H groups in total. The number of hydrogen-bond donors (Lipinski definition) is 0. The average Bonchev–Trinajstić information content (AvgIpc) is 3.91. The second-order valence-electron chi connectivity index (χ2n) is 15.3. The van der Waals surface area contributed by atoms with Gasteiger partial charge in [0.15, 0.2) is 5.69 Å². The molecule has 0 bridgehead atoms. The molecule has 4 heteroatoms. The molecule has 12 rings (SSSR count). The Morgan fingerprint density at radius 2 is 1.04 bits per heavy atom. The Morgan fingerprint density at radius 1 is 0.439 bits per heavy atom. The Hall–Kier alpha value is -7.61. The maximum absolute atomic E-state index is 7.51. The second kappa shape index (κ2) is 11.7. The Balaban J connectivity index is 1.29. The number of furan rings is 1. The number of rotatable bonds is 3. The van der Waals surface area contributed by atoms with Crippen molar-refractivity contribution < 1.29 is 4.42 Å². The first-order valence-electron chi connectivity index (χ1n) is 19.4. The molecule has 0 aliphatic carbocycles. The van der Waals surface area contributed by atoms with Crippen molar-refractivity contribution in [3.63, 3.8) is 0 Å². The van der Waals surface area contributed by atoms with Crippen LogP contribution in [0.1, 0.15) is 11.1 Å². The van der Waals surface area contributed by atoms with E-state index < -0.39 is 0 Å². The van der Waals surface area contributed by atoms with Gasteiger partial charge in [-0.15, -0.1) is 0 Å². The van der Waals surface area contributed by atoms with Crippen LogP contribution in [0.3, 0.4) is 0 Å². The Kier molecular flexibility index (Phi) is 6.51. The van der Waals surface area contributed by atoms with E-state index in [1.807, 2.05) is 24.3 Å². The summed E-state index contributed by atoms with van der Waals surface area (Å²) in [7, 11) is 0. The van der Waals surface area contributed by atoms with Gasteiger partial charge in [-0.3, -0.25) is 0 Å². The van der Waals surface area contributed by atoms with Gasteiger partial charge in [0.1, 0.15) is 11.2 Å². The minimum atomic E-state index is 0.631. The summed E-state index contributed by atoms with van der Waals surface area (Å²) in [6.07, 6.45) is 0. The van der Waals surface area contributed by atoms with Crippen LogP contribution in [0.15, 0.2) is 168 Å². The lowest BCUT2D eigenvalue weighted by molar-refractivity contribution is 0.673. The second-order valence-corrected chi connectivity index (χ2v) is 15.3. The van der Waals surface area contributed by atoms with Crippen molar-refractivity contribution in [2.75, 3.05) is 0 Å². The number of fused-ring (bicyclic) bond motifs is 15. The van der Waals surface area contributed by atoms with E-state index in [-0.39, 0.29) is 0 Å². The van der Waals surface area contributed by atoms with E-state index in [1.165, 1.54) is 54.3 Å². The smallest absolute Gasteiger partial charge is 0.187 e. The van der Waals surface area contributed by atoms with Crippen molar-refractivity contribution in [2.24, 2.45) is 0 Å². The third-order valence-corrected chi connectivity index (χ3v) is 11.9. The van der Waals surface area contributed by atoms with E-state index in [9.17, 15) is 0 Å². The molecule has 266 valence electrons. The van der Waals surface area contributed by atoms with E-state index in [4.69, 9.17) is 11.0 Å². The van der Waals surface area contributed by atoms with Gasteiger partial charge in [0.25, 0.3) is 0 Å². The molecule has 0 unspecified atom stereocenters. The van der Waals surface area contributed by atoms with Gasteiger partial charge in [0.05, 0.1) is 28.6 Å². The first kappa shape index (κ1) is 31.7. The van der Waals surface area contributed by atoms with Gasteiger partial charge in [-0.2, -0.15) is 0 Å². The van der Waals surface area contributed by atoms with Crippen molar-refractivity contribution in [3.05, 3.63) is 186 Å². The standard InChI is InChI=1S/C53H33N3O/c1-31-26-32(2)28-36(27-31)56-45-18-10-7-15-40(45)50-47(56)30-42(52-51(50)39-14-5-4-13-38(39)49-41-16-8-11-19-48(41)57-53(49)52)33-20-25-46-43(29-33)37-12-6-9-17-44(37)55(46)35-23-21-34(54-3)22-24-35/h4-30H,1-2H3. The summed E-state index contributed by atoms with van der Waals surface area (Å²) in [5.74, 6) is 0. The van der Waals surface area contributed by atoms with Gasteiger partial charge in [0, 0.05) is 54.5 Å². The first-order chi connectivity index (χ1) is 28.1. The van der Waals surface area contributed by atoms with Crippen LogP contribution in [0.5, 0.6) is 0 Å². The van der Waals surface area contributed by atoms with Crippen LogP contribution in [0.2, 0.25) is 0 Å². The summed E-state index contributed by atoms with van der Waals surface area (Å²) >= 11 is 0. The van der Waals surface area contributed by atoms with Gasteiger partial charge < -0.3 is 13.6 Å². The highest BCUT2D eigenvalue weighted by Crippen LogP contribution is 2.50. The molecule has 4 nitrogen and oxygen atoms in total. The molecule has 0 radical (unpaired) electrons. The molecule has 12 aromatic rings. The SMILES string of the molecule is [C-]#[N+]c1ccc(-n2c3ccccc3c3cc(-c4cc5c(c6ccccc6n5-c5cc(C)cc(C)c5)c5c6ccccc6c6c7ccccc7oc6c45)ccc32)cc1. The quantitative estimate of drug-likeness (QED) is 0.131. The van der Waals surface area contributed by atoms with Crippen LogP contribution >= 0.6 is 0 Å².